The van der Waals surface area contributed by atoms with Crippen LogP contribution in [0.25, 0.3) is 0 Å². The molecule has 7 nitrogen and oxygen atoms in total. The number of amides is 1. The average molecular weight is 516 g/mol. The highest BCUT2D eigenvalue weighted by molar-refractivity contribution is 6.43. The van der Waals surface area contributed by atoms with E-state index in [-0.39, 0.29) is 30.9 Å². The molecule has 3 atom stereocenters. The van der Waals surface area contributed by atoms with Crippen LogP contribution in [0.4, 0.5) is 4.39 Å². The highest BCUT2D eigenvalue weighted by Crippen LogP contribution is 2.29. The molecule has 0 aromatic heterocycles. The summed E-state index contributed by atoms with van der Waals surface area (Å²) in [6, 6.07) is 4.39. The molecule has 2 fully saturated rings. The van der Waals surface area contributed by atoms with Gasteiger partial charge in [0.2, 0.25) is 0 Å². The summed E-state index contributed by atoms with van der Waals surface area (Å²) < 4.78 is 20.5. The third-order valence-corrected chi connectivity index (χ3v) is 7.66. The van der Waals surface area contributed by atoms with Crippen molar-refractivity contribution in [1.82, 2.24) is 15.5 Å². The summed E-state index contributed by atoms with van der Waals surface area (Å²) in [4.78, 5) is 19.6. The van der Waals surface area contributed by atoms with Crippen LogP contribution in [0, 0.1) is 17.1 Å². The van der Waals surface area contributed by atoms with Gasteiger partial charge in [-0.25, -0.2) is 9.38 Å². The summed E-state index contributed by atoms with van der Waals surface area (Å²) >= 11 is 6.23. The Morgan fingerprint density at radius 3 is 2.78 bits per heavy atom. The van der Waals surface area contributed by atoms with Gasteiger partial charge in [-0.1, -0.05) is 25.4 Å². The molecule has 1 aromatic rings. The number of rotatable bonds is 6. The molecule has 9 heteroatoms. The lowest BCUT2D eigenvalue weighted by molar-refractivity contribution is 0.0793. The molecular formula is C27H35ClFN5O2. The van der Waals surface area contributed by atoms with E-state index < -0.39 is 5.82 Å². The second-order valence-corrected chi connectivity index (χ2v) is 10.4. The van der Waals surface area contributed by atoms with Crippen LogP contribution in [0.5, 0.6) is 5.75 Å². The zero-order valence-electron chi connectivity index (χ0n) is 21.4. The lowest BCUT2D eigenvalue weighted by Crippen LogP contribution is -2.41. The lowest BCUT2D eigenvalue weighted by atomic mass is 9.92. The van der Waals surface area contributed by atoms with Crippen LogP contribution in [-0.4, -0.2) is 54.0 Å². The summed E-state index contributed by atoms with van der Waals surface area (Å²) in [5, 5.41) is 15.8. The van der Waals surface area contributed by atoms with Crippen molar-refractivity contribution < 1.29 is 13.9 Å². The van der Waals surface area contributed by atoms with Gasteiger partial charge < -0.3 is 25.7 Å². The number of ether oxygens (including phenoxy) is 1. The number of hydrogen-bond donors (Lipinski definition) is 3. The second-order valence-electron chi connectivity index (χ2n) is 10.0. The van der Waals surface area contributed by atoms with Crippen molar-refractivity contribution in [2.45, 2.75) is 65.5 Å². The fourth-order valence-corrected chi connectivity index (χ4v) is 4.97. The Kier molecular flexibility index (Phi) is 8.15. The van der Waals surface area contributed by atoms with Crippen LogP contribution >= 0.6 is 11.6 Å². The first-order valence-electron chi connectivity index (χ1n) is 12.6. The Hall–Kier alpha value is -2.71. The lowest BCUT2D eigenvalue weighted by Gasteiger charge is -2.31. The van der Waals surface area contributed by atoms with E-state index in [0.717, 1.165) is 31.5 Å². The Bertz CT molecular complexity index is 1140. The number of nitrogens with zero attached hydrogens (tertiary/aromatic N) is 2. The van der Waals surface area contributed by atoms with E-state index in [9.17, 15) is 9.18 Å². The predicted molar refractivity (Wildman–Crippen MR) is 141 cm³/mol. The Labute approximate surface area is 217 Å². The van der Waals surface area contributed by atoms with Crippen LogP contribution in [0.2, 0.25) is 0 Å². The van der Waals surface area contributed by atoms with E-state index >= 15 is 0 Å². The van der Waals surface area contributed by atoms with Crippen molar-refractivity contribution in [2.24, 2.45) is 10.9 Å². The standard InChI is InChI=1S/C27H35ClFN5O2/c1-5-20(11-19-8-6-15(2)12-31-19)36-24-10-18(29)7-9-21(24)27(35)34-13-22(23(30)14-34)26-32-16(3)25(28)17(4)33-26/h7,9-10,15,19-20,30-32H,5-6,8,11-14H2,1-4H3/b26-22+,30-23?/t15-,19?,20?/m1/s1. The van der Waals surface area contributed by atoms with Crippen molar-refractivity contribution in [1.29, 1.82) is 5.41 Å². The summed E-state index contributed by atoms with van der Waals surface area (Å²) in [7, 11) is 0. The monoisotopic (exact) mass is 515 g/mol. The van der Waals surface area contributed by atoms with E-state index in [1.54, 1.807) is 4.90 Å². The first-order valence-corrected chi connectivity index (χ1v) is 13.0. The molecule has 2 unspecified atom stereocenters. The summed E-state index contributed by atoms with van der Waals surface area (Å²) in [6.45, 7) is 9.29. The van der Waals surface area contributed by atoms with Gasteiger partial charge in [0.1, 0.15) is 17.4 Å². The average Bonchev–Trinajstić information content (AvgIpc) is 3.24. The van der Waals surface area contributed by atoms with Crippen LogP contribution in [0.15, 0.2) is 45.3 Å². The van der Waals surface area contributed by atoms with Gasteiger partial charge in [-0.15, -0.1) is 0 Å². The molecule has 3 aliphatic rings. The van der Waals surface area contributed by atoms with E-state index in [2.05, 4.69) is 22.5 Å². The number of piperidine rings is 1. The molecule has 0 saturated carbocycles. The molecule has 2 saturated heterocycles. The highest BCUT2D eigenvalue weighted by Gasteiger charge is 2.32. The van der Waals surface area contributed by atoms with Gasteiger partial charge in [0.25, 0.3) is 5.91 Å². The van der Waals surface area contributed by atoms with Gasteiger partial charge in [0.15, 0.2) is 0 Å². The number of likely N-dealkylation sites (tertiary alicyclic amines) is 1. The van der Waals surface area contributed by atoms with Gasteiger partial charge >= 0.3 is 0 Å². The molecule has 3 aliphatic heterocycles. The first kappa shape index (κ1) is 26.4. The SMILES string of the molecule is CCC(CC1CC[C@@H](C)CN1)Oc1cc(F)ccc1C(=O)N1CC(=N)/C(=C2/N=C(C)C(Cl)=C(C)N2)C1. The fraction of sp³-hybridized carbons (Fsp3) is 0.519. The van der Waals surface area contributed by atoms with Gasteiger partial charge in [-0.3, -0.25) is 4.79 Å². The Morgan fingerprint density at radius 1 is 1.33 bits per heavy atom. The second kappa shape index (κ2) is 11.1. The normalized spacial score (nSPS) is 25.6. The number of halogens is 2. The summed E-state index contributed by atoms with van der Waals surface area (Å²) in [5.74, 6) is 0.702. The van der Waals surface area contributed by atoms with Crippen LogP contribution in [0.1, 0.15) is 63.7 Å². The van der Waals surface area contributed by atoms with Gasteiger partial charge in [-0.05, 0) is 64.1 Å². The summed E-state index contributed by atoms with van der Waals surface area (Å²) in [6.07, 6.45) is 3.68. The maximum absolute atomic E-state index is 14.2. The molecule has 0 spiro atoms. The van der Waals surface area contributed by atoms with Gasteiger partial charge in [0, 0.05) is 23.4 Å². The maximum Gasteiger partial charge on any atom is 0.258 e. The molecule has 194 valence electrons. The van der Waals surface area contributed by atoms with Crippen molar-refractivity contribution in [2.75, 3.05) is 19.6 Å². The molecule has 0 radical (unpaired) electrons. The molecular weight excluding hydrogens is 481 g/mol. The first-order chi connectivity index (χ1) is 17.2. The molecule has 36 heavy (non-hydrogen) atoms. The van der Waals surface area contributed by atoms with Gasteiger partial charge in [0.05, 0.1) is 41.2 Å². The van der Waals surface area contributed by atoms with Crippen LogP contribution in [0.3, 0.4) is 0 Å². The molecule has 1 aromatic carbocycles. The third kappa shape index (κ3) is 5.81. The largest absolute Gasteiger partial charge is 0.489 e. The van der Waals surface area contributed by atoms with Crippen molar-refractivity contribution >= 4 is 28.9 Å². The van der Waals surface area contributed by atoms with Crippen molar-refractivity contribution in [3.8, 4) is 5.75 Å². The minimum absolute atomic E-state index is 0.137. The molecule has 0 bridgehead atoms. The van der Waals surface area contributed by atoms with E-state index in [4.69, 9.17) is 21.7 Å². The van der Waals surface area contributed by atoms with E-state index in [0.29, 0.717) is 45.4 Å². The fourth-order valence-electron chi connectivity index (χ4n) is 4.88. The van der Waals surface area contributed by atoms with Crippen LogP contribution < -0.4 is 15.4 Å². The van der Waals surface area contributed by atoms with Crippen molar-refractivity contribution in [3.05, 3.63) is 51.7 Å². The number of allylic oxidation sites excluding steroid dienone is 2. The topological polar surface area (TPSA) is 89.8 Å². The zero-order valence-corrected chi connectivity index (χ0v) is 22.1. The molecule has 0 aliphatic carbocycles. The minimum Gasteiger partial charge on any atom is -0.489 e. The van der Waals surface area contributed by atoms with Crippen LogP contribution in [-0.2, 0) is 0 Å². The zero-order chi connectivity index (χ0) is 26.0. The highest BCUT2D eigenvalue weighted by atomic mass is 35.5. The molecule has 3 N–H and O–H groups in total. The smallest absolute Gasteiger partial charge is 0.258 e. The number of aliphatic imine (C=N–C) groups is 1. The van der Waals surface area contributed by atoms with E-state index in [1.807, 2.05) is 20.8 Å². The quantitative estimate of drug-likeness (QED) is 0.498. The number of carbonyl (C=O) groups excluding carboxylic acids is 1. The number of benzene rings is 1. The predicted octanol–water partition coefficient (Wildman–Crippen LogP) is 4.98. The molecule has 4 rings (SSSR count). The minimum atomic E-state index is -0.451. The maximum atomic E-state index is 14.2. The Balaban J connectivity index is 1.51. The number of hydrogen-bond acceptors (Lipinski definition) is 6. The number of carbonyl (C=O) groups is 1. The van der Waals surface area contributed by atoms with Crippen molar-refractivity contribution in [3.63, 3.8) is 0 Å². The molecule has 3 heterocycles. The van der Waals surface area contributed by atoms with E-state index in [1.165, 1.54) is 24.6 Å². The van der Waals surface area contributed by atoms with Gasteiger partial charge in [-0.2, -0.15) is 0 Å². The Morgan fingerprint density at radius 2 is 2.11 bits per heavy atom. The summed E-state index contributed by atoms with van der Waals surface area (Å²) in [5.41, 5.74) is 2.66. The third-order valence-electron chi connectivity index (χ3n) is 7.10. The number of nitrogens with one attached hydrogen (secondary N) is 3. The molecule has 1 amide bonds.